The number of anilines is 1. The Labute approximate surface area is 139 Å². The number of non-ortho nitro benzene ring substituents is 1. The van der Waals surface area contributed by atoms with Crippen LogP contribution in [0.25, 0.3) is 0 Å². The summed E-state index contributed by atoms with van der Waals surface area (Å²) >= 11 is 0. The van der Waals surface area contributed by atoms with E-state index in [4.69, 9.17) is 0 Å². The van der Waals surface area contributed by atoms with Crippen molar-refractivity contribution in [2.45, 2.75) is 6.54 Å². The molecule has 2 aromatic carbocycles. The van der Waals surface area contributed by atoms with Gasteiger partial charge >= 0.3 is 0 Å². The number of nitrogens with zero attached hydrogens (tertiary/aromatic N) is 3. The predicted molar refractivity (Wildman–Crippen MR) is 89.6 cm³/mol. The van der Waals surface area contributed by atoms with Crippen LogP contribution in [0.4, 0.5) is 15.8 Å². The lowest BCUT2D eigenvalue weighted by atomic mass is 10.1. The van der Waals surface area contributed by atoms with E-state index in [1.54, 1.807) is 44.2 Å². The number of hydrogen-bond acceptors (Lipinski definition) is 4. The summed E-state index contributed by atoms with van der Waals surface area (Å²) in [6, 6.07) is 10.0. The summed E-state index contributed by atoms with van der Waals surface area (Å²) in [5.41, 5.74) is 1.47. The number of nitro benzene ring substituents is 1. The molecule has 0 aliphatic rings. The van der Waals surface area contributed by atoms with E-state index in [-0.39, 0.29) is 29.5 Å². The number of hydrogen-bond donors (Lipinski definition) is 0. The van der Waals surface area contributed by atoms with Crippen molar-refractivity contribution in [2.75, 3.05) is 26.0 Å². The summed E-state index contributed by atoms with van der Waals surface area (Å²) in [6.07, 6.45) is 0. The molecular formula is C17H18FN3O3. The van der Waals surface area contributed by atoms with Gasteiger partial charge in [0, 0.05) is 45.5 Å². The van der Waals surface area contributed by atoms with Gasteiger partial charge in [0.15, 0.2) is 0 Å². The third-order valence-electron chi connectivity index (χ3n) is 3.58. The minimum absolute atomic E-state index is 0.140. The normalized spacial score (nSPS) is 10.3. The molecule has 7 heteroatoms. The number of nitro groups is 1. The van der Waals surface area contributed by atoms with E-state index < -0.39 is 4.92 Å². The molecule has 1 amide bonds. The molecule has 0 saturated heterocycles. The Balaban J connectivity index is 2.31. The van der Waals surface area contributed by atoms with Gasteiger partial charge in [-0.1, -0.05) is 12.1 Å². The number of rotatable bonds is 5. The zero-order chi connectivity index (χ0) is 17.9. The maximum absolute atomic E-state index is 13.0. The van der Waals surface area contributed by atoms with Crippen LogP contribution in [-0.4, -0.2) is 36.9 Å². The quantitative estimate of drug-likeness (QED) is 0.624. The highest BCUT2D eigenvalue weighted by Crippen LogP contribution is 2.25. The number of amides is 1. The number of carbonyl (C=O) groups is 1. The zero-order valence-corrected chi connectivity index (χ0v) is 13.7. The van der Waals surface area contributed by atoms with Crippen LogP contribution in [0.2, 0.25) is 0 Å². The Hall–Kier alpha value is -2.96. The molecule has 0 radical (unpaired) electrons. The molecule has 6 nitrogen and oxygen atoms in total. The highest BCUT2D eigenvalue weighted by Gasteiger charge is 2.21. The fourth-order valence-corrected chi connectivity index (χ4v) is 2.34. The lowest BCUT2D eigenvalue weighted by Crippen LogP contribution is -2.28. The molecule has 0 aliphatic carbocycles. The summed E-state index contributed by atoms with van der Waals surface area (Å²) in [7, 11) is 5.12. The van der Waals surface area contributed by atoms with E-state index in [1.807, 2.05) is 0 Å². The number of benzene rings is 2. The largest absolute Gasteiger partial charge is 0.377 e. The Bertz CT molecular complexity index is 760. The lowest BCUT2D eigenvalue weighted by Gasteiger charge is -2.22. The smallest absolute Gasteiger partial charge is 0.270 e. The second kappa shape index (κ2) is 7.08. The maximum Gasteiger partial charge on any atom is 0.270 e. The van der Waals surface area contributed by atoms with E-state index >= 15 is 0 Å². The monoisotopic (exact) mass is 331 g/mol. The fourth-order valence-electron chi connectivity index (χ4n) is 2.34. The molecule has 0 aromatic heterocycles. The Morgan fingerprint density at radius 2 is 1.75 bits per heavy atom. The predicted octanol–water partition coefficient (Wildman–Crippen LogP) is 3.07. The van der Waals surface area contributed by atoms with Crippen molar-refractivity contribution in [2.24, 2.45) is 0 Å². The van der Waals surface area contributed by atoms with Gasteiger partial charge in [0.2, 0.25) is 0 Å². The van der Waals surface area contributed by atoms with E-state index in [0.29, 0.717) is 5.69 Å². The molecule has 0 fully saturated rings. The van der Waals surface area contributed by atoms with E-state index in [2.05, 4.69) is 0 Å². The van der Waals surface area contributed by atoms with Gasteiger partial charge in [-0.2, -0.15) is 0 Å². The van der Waals surface area contributed by atoms with Crippen LogP contribution in [0, 0.1) is 15.9 Å². The molecule has 0 spiro atoms. The highest BCUT2D eigenvalue weighted by atomic mass is 19.1. The van der Waals surface area contributed by atoms with E-state index in [0.717, 1.165) is 5.56 Å². The lowest BCUT2D eigenvalue weighted by molar-refractivity contribution is -0.384. The molecule has 126 valence electrons. The minimum atomic E-state index is -0.532. The van der Waals surface area contributed by atoms with Crippen molar-refractivity contribution in [3.8, 4) is 0 Å². The molecule has 2 rings (SSSR count). The summed E-state index contributed by atoms with van der Waals surface area (Å²) in [5, 5.41) is 11.0. The summed E-state index contributed by atoms with van der Waals surface area (Å²) in [6.45, 7) is 0.272. The van der Waals surface area contributed by atoms with Gasteiger partial charge in [0.25, 0.3) is 11.6 Å². The van der Waals surface area contributed by atoms with Crippen molar-refractivity contribution in [3.05, 3.63) is 69.5 Å². The SMILES string of the molecule is CN(Cc1ccc(F)cc1)C(=O)c1cc([N+](=O)[O-])ccc1N(C)C. The van der Waals surface area contributed by atoms with Crippen molar-refractivity contribution < 1.29 is 14.1 Å². The van der Waals surface area contributed by atoms with Crippen LogP contribution in [-0.2, 0) is 6.54 Å². The van der Waals surface area contributed by atoms with Crippen LogP contribution in [0.5, 0.6) is 0 Å². The molecule has 0 bridgehead atoms. The molecule has 0 unspecified atom stereocenters. The van der Waals surface area contributed by atoms with E-state index in [9.17, 15) is 19.3 Å². The Morgan fingerprint density at radius 3 is 2.29 bits per heavy atom. The fraction of sp³-hybridized carbons (Fsp3) is 0.235. The van der Waals surface area contributed by atoms with Crippen molar-refractivity contribution in [3.63, 3.8) is 0 Å². The van der Waals surface area contributed by atoms with Crippen LogP contribution < -0.4 is 4.90 Å². The zero-order valence-electron chi connectivity index (χ0n) is 13.7. The standard InChI is InChI=1S/C17H18FN3O3/c1-19(2)16-9-8-14(21(23)24)10-15(16)17(22)20(3)11-12-4-6-13(18)7-5-12/h4-10H,11H2,1-3H3. The number of halogens is 1. The molecule has 0 N–H and O–H groups in total. The molecule has 0 atom stereocenters. The van der Waals surface area contributed by atoms with Crippen molar-refractivity contribution >= 4 is 17.3 Å². The third kappa shape index (κ3) is 3.87. The highest BCUT2D eigenvalue weighted by molar-refractivity contribution is 6.00. The molecule has 0 saturated carbocycles. The average Bonchev–Trinajstić information content (AvgIpc) is 2.55. The van der Waals surface area contributed by atoms with Gasteiger partial charge in [-0.05, 0) is 23.8 Å². The first kappa shape index (κ1) is 17.4. The second-order valence-electron chi connectivity index (χ2n) is 5.64. The van der Waals surface area contributed by atoms with Gasteiger partial charge in [-0.3, -0.25) is 14.9 Å². The van der Waals surface area contributed by atoms with Crippen LogP contribution in [0.1, 0.15) is 15.9 Å². The van der Waals surface area contributed by atoms with Gasteiger partial charge in [-0.15, -0.1) is 0 Å². The summed E-state index contributed by atoms with van der Waals surface area (Å²) in [4.78, 5) is 26.3. The minimum Gasteiger partial charge on any atom is -0.377 e. The molecular weight excluding hydrogens is 313 g/mol. The van der Waals surface area contributed by atoms with E-state index in [1.165, 1.54) is 29.2 Å². The van der Waals surface area contributed by atoms with Crippen molar-refractivity contribution in [1.29, 1.82) is 0 Å². The van der Waals surface area contributed by atoms with Gasteiger partial charge in [0.05, 0.1) is 10.5 Å². The molecule has 0 aliphatic heterocycles. The van der Waals surface area contributed by atoms with Gasteiger partial charge in [0.1, 0.15) is 5.82 Å². The molecule has 0 heterocycles. The Morgan fingerprint density at radius 1 is 1.12 bits per heavy atom. The maximum atomic E-state index is 13.0. The second-order valence-corrected chi connectivity index (χ2v) is 5.64. The van der Waals surface area contributed by atoms with Crippen LogP contribution >= 0.6 is 0 Å². The average molecular weight is 331 g/mol. The Kier molecular flexibility index (Phi) is 5.13. The van der Waals surface area contributed by atoms with Gasteiger partial charge in [-0.25, -0.2) is 4.39 Å². The summed E-state index contributed by atoms with van der Waals surface area (Å²) in [5.74, 6) is -0.687. The topological polar surface area (TPSA) is 66.7 Å². The first-order valence-electron chi connectivity index (χ1n) is 7.25. The molecule has 24 heavy (non-hydrogen) atoms. The summed E-state index contributed by atoms with van der Waals surface area (Å²) < 4.78 is 13.0. The van der Waals surface area contributed by atoms with Crippen LogP contribution in [0.3, 0.4) is 0 Å². The van der Waals surface area contributed by atoms with Crippen molar-refractivity contribution in [1.82, 2.24) is 4.90 Å². The number of carbonyl (C=O) groups excluding carboxylic acids is 1. The van der Waals surface area contributed by atoms with Crippen LogP contribution in [0.15, 0.2) is 42.5 Å². The first-order chi connectivity index (χ1) is 11.3. The third-order valence-corrected chi connectivity index (χ3v) is 3.58. The van der Waals surface area contributed by atoms with Gasteiger partial charge < -0.3 is 9.80 Å². The molecule has 2 aromatic rings. The first-order valence-corrected chi connectivity index (χ1v) is 7.25.